The fraction of sp³-hybridized carbons (Fsp3) is 0.519. The summed E-state index contributed by atoms with van der Waals surface area (Å²) in [4.78, 5) is 16.7. The van der Waals surface area contributed by atoms with Gasteiger partial charge in [0.25, 0.3) is 0 Å². The van der Waals surface area contributed by atoms with Gasteiger partial charge in [0.1, 0.15) is 0 Å². The minimum absolute atomic E-state index is 0.136. The molecular formula is C27H34N6O2. The second kappa shape index (κ2) is 8.82. The van der Waals surface area contributed by atoms with E-state index >= 15 is 0 Å². The van der Waals surface area contributed by atoms with Crippen molar-refractivity contribution >= 4 is 17.4 Å². The zero-order valence-corrected chi connectivity index (χ0v) is 21.0. The van der Waals surface area contributed by atoms with Gasteiger partial charge in [0.05, 0.1) is 18.8 Å². The summed E-state index contributed by atoms with van der Waals surface area (Å²) in [6, 6.07) is 5.04. The van der Waals surface area contributed by atoms with Gasteiger partial charge in [-0.15, -0.1) is 0 Å². The Balaban J connectivity index is 1.44. The van der Waals surface area contributed by atoms with Crippen LogP contribution in [0.25, 0.3) is 11.1 Å². The quantitative estimate of drug-likeness (QED) is 0.575. The van der Waals surface area contributed by atoms with Crippen LogP contribution in [-0.2, 0) is 36.0 Å². The molecule has 8 nitrogen and oxygen atoms in total. The van der Waals surface area contributed by atoms with Crippen molar-refractivity contribution in [2.24, 2.45) is 7.05 Å². The van der Waals surface area contributed by atoms with Gasteiger partial charge in [-0.1, -0.05) is 0 Å². The van der Waals surface area contributed by atoms with Gasteiger partial charge in [-0.3, -0.25) is 14.2 Å². The van der Waals surface area contributed by atoms with Crippen molar-refractivity contribution in [3.05, 3.63) is 46.9 Å². The molecule has 8 heteroatoms. The number of hydrogen-bond acceptors (Lipinski definition) is 5. The molecule has 0 aliphatic carbocycles. The smallest absolute Gasteiger partial charge is 0.219 e. The molecular weight excluding hydrogens is 440 g/mol. The molecule has 5 heterocycles. The number of fused-ring (bicyclic) bond motifs is 2. The summed E-state index contributed by atoms with van der Waals surface area (Å²) in [5, 5.41) is 9.66. The van der Waals surface area contributed by atoms with Crippen molar-refractivity contribution in [2.45, 2.75) is 58.5 Å². The molecule has 1 saturated heterocycles. The van der Waals surface area contributed by atoms with E-state index < -0.39 is 0 Å². The summed E-state index contributed by atoms with van der Waals surface area (Å²) in [6.45, 7) is 7.78. The van der Waals surface area contributed by atoms with Crippen molar-refractivity contribution < 1.29 is 9.53 Å². The zero-order valence-electron chi connectivity index (χ0n) is 21.0. The summed E-state index contributed by atoms with van der Waals surface area (Å²) < 4.78 is 9.78. The number of hydrogen-bond donors (Lipinski definition) is 0. The first-order chi connectivity index (χ1) is 17.0. The Morgan fingerprint density at radius 3 is 2.71 bits per heavy atom. The summed E-state index contributed by atoms with van der Waals surface area (Å²) in [7, 11) is 1.96. The highest BCUT2D eigenvalue weighted by atomic mass is 16.5. The van der Waals surface area contributed by atoms with E-state index in [1.807, 2.05) is 22.8 Å². The van der Waals surface area contributed by atoms with Crippen LogP contribution in [0.5, 0.6) is 0 Å². The molecule has 0 radical (unpaired) electrons. The van der Waals surface area contributed by atoms with Crippen LogP contribution in [-0.4, -0.2) is 56.7 Å². The molecule has 6 rings (SSSR count). The molecule has 1 fully saturated rings. The average Bonchev–Trinajstić information content (AvgIpc) is 3.47. The van der Waals surface area contributed by atoms with Crippen LogP contribution in [0.2, 0.25) is 0 Å². The number of ether oxygens (including phenoxy) is 1. The Hall–Kier alpha value is -3.13. The summed E-state index contributed by atoms with van der Waals surface area (Å²) >= 11 is 0. The first kappa shape index (κ1) is 22.3. The number of aryl methyl sites for hydroxylation is 3. The summed E-state index contributed by atoms with van der Waals surface area (Å²) in [5.41, 5.74) is 8.78. The third-order valence-corrected chi connectivity index (χ3v) is 7.86. The fourth-order valence-electron chi connectivity index (χ4n) is 5.97. The van der Waals surface area contributed by atoms with Gasteiger partial charge in [0.15, 0.2) is 5.82 Å². The highest BCUT2D eigenvalue weighted by Crippen LogP contribution is 2.41. The van der Waals surface area contributed by atoms with Gasteiger partial charge < -0.3 is 14.5 Å². The molecule has 0 saturated carbocycles. The van der Waals surface area contributed by atoms with Crippen molar-refractivity contribution in [3.8, 4) is 11.1 Å². The van der Waals surface area contributed by atoms with Crippen LogP contribution in [0.3, 0.4) is 0 Å². The predicted octanol–water partition coefficient (Wildman–Crippen LogP) is 3.93. The van der Waals surface area contributed by atoms with E-state index in [0.717, 1.165) is 69.8 Å². The molecule has 0 spiro atoms. The van der Waals surface area contributed by atoms with Crippen molar-refractivity contribution in [3.63, 3.8) is 0 Å². The molecule has 1 amide bonds. The van der Waals surface area contributed by atoms with E-state index in [0.29, 0.717) is 12.6 Å². The summed E-state index contributed by atoms with van der Waals surface area (Å²) in [6.07, 6.45) is 9.01. The maximum Gasteiger partial charge on any atom is 0.219 e. The zero-order chi connectivity index (χ0) is 24.1. The van der Waals surface area contributed by atoms with Crippen LogP contribution in [0.4, 0.5) is 11.5 Å². The number of aromatic nitrogens is 4. The lowest BCUT2D eigenvalue weighted by atomic mass is 9.93. The minimum Gasteiger partial charge on any atom is -0.381 e. The van der Waals surface area contributed by atoms with Gasteiger partial charge in [0.2, 0.25) is 5.91 Å². The lowest BCUT2D eigenvalue weighted by Gasteiger charge is -2.33. The standard InChI is InChI=1S/C27H34N6O2/c1-18-13-26-20(14-23(18)21-15-28-30(3)16-21)5-4-9-32(26)27-24-17-31(19(2)34)10-6-25(24)33(29-27)22-7-11-35-12-8-22/h13-16,22H,4-12,17H2,1-3H3. The van der Waals surface area contributed by atoms with Crippen LogP contribution in [0.1, 0.15) is 54.6 Å². The lowest BCUT2D eigenvalue weighted by molar-refractivity contribution is -0.129. The van der Waals surface area contributed by atoms with Crippen LogP contribution >= 0.6 is 0 Å². The molecule has 0 bridgehead atoms. The predicted molar refractivity (Wildman–Crippen MR) is 135 cm³/mol. The van der Waals surface area contributed by atoms with Crippen molar-refractivity contribution in [1.29, 1.82) is 0 Å². The highest BCUT2D eigenvalue weighted by molar-refractivity contribution is 5.77. The maximum atomic E-state index is 12.3. The molecule has 184 valence electrons. The van der Waals surface area contributed by atoms with E-state index in [1.165, 1.54) is 33.6 Å². The van der Waals surface area contributed by atoms with E-state index in [-0.39, 0.29) is 5.91 Å². The summed E-state index contributed by atoms with van der Waals surface area (Å²) in [5.74, 6) is 1.17. The molecule has 0 unspecified atom stereocenters. The number of amides is 1. The van der Waals surface area contributed by atoms with E-state index in [4.69, 9.17) is 9.84 Å². The number of benzene rings is 1. The highest BCUT2D eigenvalue weighted by Gasteiger charge is 2.33. The number of anilines is 2. The van der Waals surface area contributed by atoms with E-state index in [1.54, 1.807) is 6.92 Å². The van der Waals surface area contributed by atoms with Crippen LogP contribution in [0.15, 0.2) is 24.5 Å². The monoisotopic (exact) mass is 474 g/mol. The van der Waals surface area contributed by atoms with Gasteiger partial charge in [0, 0.05) is 75.4 Å². The Labute approximate surface area is 206 Å². The Kier molecular flexibility index (Phi) is 5.63. The molecule has 2 aromatic heterocycles. The largest absolute Gasteiger partial charge is 0.381 e. The lowest BCUT2D eigenvalue weighted by Crippen LogP contribution is -2.36. The molecule has 3 aliphatic heterocycles. The topological polar surface area (TPSA) is 68.4 Å². The maximum absolute atomic E-state index is 12.3. The Morgan fingerprint density at radius 1 is 1.14 bits per heavy atom. The number of carbonyl (C=O) groups is 1. The third-order valence-electron chi connectivity index (χ3n) is 7.86. The number of rotatable bonds is 3. The van der Waals surface area contributed by atoms with Crippen LogP contribution < -0.4 is 4.90 Å². The molecule has 3 aliphatic rings. The SMILES string of the molecule is CC(=O)N1CCc2c(c(N3CCCc4cc(-c5cnn(C)c5)c(C)cc43)nn2C2CCOCC2)C1. The normalized spacial score (nSPS) is 18.5. The molecule has 35 heavy (non-hydrogen) atoms. The van der Waals surface area contributed by atoms with E-state index in [2.05, 4.69) is 39.9 Å². The first-order valence-corrected chi connectivity index (χ1v) is 12.8. The molecule has 3 aromatic rings. The fourth-order valence-corrected chi connectivity index (χ4v) is 5.97. The van der Waals surface area contributed by atoms with E-state index in [9.17, 15) is 4.79 Å². The van der Waals surface area contributed by atoms with Gasteiger partial charge in [-0.2, -0.15) is 10.2 Å². The second-order valence-corrected chi connectivity index (χ2v) is 10.2. The third kappa shape index (κ3) is 3.93. The Bertz CT molecular complexity index is 1270. The average molecular weight is 475 g/mol. The minimum atomic E-state index is 0.136. The van der Waals surface area contributed by atoms with Crippen LogP contribution in [0, 0.1) is 6.92 Å². The Morgan fingerprint density at radius 2 is 1.97 bits per heavy atom. The number of nitrogens with zero attached hydrogens (tertiary/aromatic N) is 6. The molecule has 0 atom stereocenters. The second-order valence-electron chi connectivity index (χ2n) is 10.2. The molecule has 0 N–H and O–H groups in total. The van der Waals surface area contributed by atoms with Gasteiger partial charge >= 0.3 is 0 Å². The first-order valence-electron chi connectivity index (χ1n) is 12.8. The van der Waals surface area contributed by atoms with Crippen molar-refractivity contribution in [1.82, 2.24) is 24.5 Å². The van der Waals surface area contributed by atoms with Gasteiger partial charge in [-0.25, -0.2) is 0 Å². The molecule has 1 aromatic carbocycles. The van der Waals surface area contributed by atoms with Gasteiger partial charge in [-0.05, 0) is 61.4 Å². The number of carbonyl (C=O) groups excluding carboxylic acids is 1. The van der Waals surface area contributed by atoms with Crippen molar-refractivity contribution in [2.75, 3.05) is 31.2 Å².